The normalized spacial score (nSPS) is 15.1. The average molecular weight is 359 g/mol. The first-order chi connectivity index (χ1) is 12.3. The van der Waals surface area contributed by atoms with Crippen LogP contribution in [0.2, 0.25) is 0 Å². The van der Waals surface area contributed by atoms with Gasteiger partial charge in [0, 0.05) is 18.5 Å². The van der Waals surface area contributed by atoms with E-state index in [-0.39, 0.29) is 12.5 Å². The van der Waals surface area contributed by atoms with Gasteiger partial charge >= 0.3 is 5.76 Å². The molecule has 26 heavy (non-hydrogen) atoms. The predicted octanol–water partition coefficient (Wildman–Crippen LogP) is 2.16. The molecule has 3 heterocycles. The molecule has 0 unspecified atom stereocenters. The summed E-state index contributed by atoms with van der Waals surface area (Å²) in [4.78, 5) is 30.8. The number of piperidine rings is 1. The molecule has 8 heteroatoms. The van der Waals surface area contributed by atoms with E-state index in [4.69, 9.17) is 4.52 Å². The molecule has 2 aromatic heterocycles. The fraction of sp³-hybridized carbons (Fsp3) is 0.556. The molecule has 0 atom stereocenters. The molecule has 8 nitrogen and oxygen atoms in total. The largest absolute Gasteiger partial charge is 0.442 e. The second-order valence-corrected chi connectivity index (χ2v) is 7.61. The third-order valence-corrected chi connectivity index (χ3v) is 4.37. The summed E-state index contributed by atoms with van der Waals surface area (Å²) < 4.78 is 5.97. The van der Waals surface area contributed by atoms with Crippen molar-refractivity contribution < 1.29 is 9.32 Å². The molecule has 1 aliphatic rings. The minimum absolute atomic E-state index is 0.150. The molecule has 0 aromatic carbocycles. The van der Waals surface area contributed by atoms with Crippen LogP contribution in [-0.4, -0.2) is 33.7 Å². The minimum Gasteiger partial charge on any atom is -0.357 e. The molecular weight excluding hydrogens is 334 g/mol. The third kappa shape index (κ3) is 4.12. The van der Waals surface area contributed by atoms with E-state index in [9.17, 15) is 9.59 Å². The Bertz CT molecular complexity index is 811. The number of pyridine rings is 1. The van der Waals surface area contributed by atoms with E-state index >= 15 is 0 Å². The summed E-state index contributed by atoms with van der Waals surface area (Å²) >= 11 is 0. The highest BCUT2D eigenvalue weighted by atomic mass is 16.5. The predicted molar refractivity (Wildman–Crippen MR) is 98.4 cm³/mol. The molecule has 0 aliphatic carbocycles. The van der Waals surface area contributed by atoms with Gasteiger partial charge in [0.25, 0.3) is 0 Å². The van der Waals surface area contributed by atoms with E-state index in [1.165, 1.54) is 23.8 Å². The number of aromatic nitrogens is 3. The minimum atomic E-state index is -0.636. The van der Waals surface area contributed by atoms with Crippen LogP contribution in [0.3, 0.4) is 0 Å². The molecule has 1 saturated heterocycles. The molecule has 1 fully saturated rings. The van der Waals surface area contributed by atoms with E-state index in [1.54, 1.807) is 6.20 Å². The number of nitrogens with zero attached hydrogens (tertiary/aromatic N) is 4. The van der Waals surface area contributed by atoms with Crippen molar-refractivity contribution >= 4 is 17.4 Å². The highest BCUT2D eigenvalue weighted by Gasteiger charge is 2.25. The molecule has 0 saturated carbocycles. The first-order valence-electron chi connectivity index (χ1n) is 8.92. The lowest BCUT2D eigenvalue weighted by atomic mass is 9.96. The molecule has 0 radical (unpaired) electrons. The number of carbonyl (C=O) groups excluding carboxylic acids is 1. The van der Waals surface area contributed by atoms with Crippen LogP contribution in [0.1, 0.15) is 45.9 Å². The Morgan fingerprint density at radius 1 is 1.23 bits per heavy atom. The van der Waals surface area contributed by atoms with E-state index < -0.39 is 11.2 Å². The van der Waals surface area contributed by atoms with Gasteiger partial charge in [-0.1, -0.05) is 25.9 Å². The van der Waals surface area contributed by atoms with Gasteiger partial charge in [-0.3, -0.25) is 13.9 Å². The van der Waals surface area contributed by atoms with Crippen LogP contribution < -0.4 is 16.0 Å². The van der Waals surface area contributed by atoms with Gasteiger partial charge in [0.15, 0.2) is 5.82 Å². The molecule has 1 amide bonds. The van der Waals surface area contributed by atoms with Crippen molar-refractivity contribution in [1.82, 2.24) is 14.7 Å². The molecule has 0 bridgehead atoms. The van der Waals surface area contributed by atoms with E-state index in [2.05, 4.69) is 20.4 Å². The summed E-state index contributed by atoms with van der Waals surface area (Å²) in [6, 6.07) is 3.74. The van der Waals surface area contributed by atoms with Crippen molar-refractivity contribution in [3.8, 4) is 0 Å². The number of carbonyl (C=O) groups is 1. The number of hydrogen-bond donors (Lipinski definition) is 1. The topological polar surface area (TPSA) is 93.3 Å². The van der Waals surface area contributed by atoms with Gasteiger partial charge in [0.2, 0.25) is 5.91 Å². The third-order valence-electron chi connectivity index (χ3n) is 4.37. The highest BCUT2D eigenvalue weighted by Crippen LogP contribution is 2.20. The van der Waals surface area contributed by atoms with Crippen LogP contribution in [0.5, 0.6) is 0 Å². The monoisotopic (exact) mass is 359 g/mol. The summed E-state index contributed by atoms with van der Waals surface area (Å²) in [7, 11) is 0. The van der Waals surface area contributed by atoms with E-state index in [1.807, 2.05) is 32.9 Å². The fourth-order valence-electron chi connectivity index (χ4n) is 3.06. The van der Waals surface area contributed by atoms with Crippen LogP contribution in [0.4, 0.5) is 11.5 Å². The van der Waals surface area contributed by atoms with Gasteiger partial charge < -0.3 is 10.2 Å². The molecule has 1 N–H and O–H groups in total. The van der Waals surface area contributed by atoms with Crippen molar-refractivity contribution in [1.29, 1.82) is 0 Å². The number of nitrogens with one attached hydrogen (secondary N) is 1. The van der Waals surface area contributed by atoms with Crippen molar-refractivity contribution in [3.05, 3.63) is 34.7 Å². The molecule has 2 aromatic rings. The quantitative estimate of drug-likeness (QED) is 0.899. The maximum absolute atomic E-state index is 12.3. The van der Waals surface area contributed by atoms with Crippen LogP contribution in [0.15, 0.2) is 27.6 Å². The number of amides is 1. The van der Waals surface area contributed by atoms with Gasteiger partial charge in [-0.05, 0) is 31.4 Å². The number of rotatable bonds is 4. The Labute approximate surface area is 152 Å². The van der Waals surface area contributed by atoms with E-state index in [0.717, 1.165) is 18.9 Å². The second-order valence-electron chi connectivity index (χ2n) is 7.61. The number of hydrogen-bond acceptors (Lipinski definition) is 6. The zero-order chi connectivity index (χ0) is 18.7. The summed E-state index contributed by atoms with van der Waals surface area (Å²) in [6.45, 7) is 7.60. The summed E-state index contributed by atoms with van der Waals surface area (Å²) in [5, 5.41) is 6.56. The second kappa shape index (κ2) is 7.31. The summed E-state index contributed by atoms with van der Waals surface area (Å²) in [5.41, 5.74) is 0.196. The maximum atomic E-state index is 12.3. The lowest BCUT2D eigenvalue weighted by molar-refractivity contribution is -0.116. The highest BCUT2D eigenvalue weighted by molar-refractivity contribution is 5.90. The van der Waals surface area contributed by atoms with Gasteiger partial charge in [-0.25, -0.2) is 9.78 Å². The van der Waals surface area contributed by atoms with Crippen LogP contribution in [0, 0.1) is 0 Å². The molecule has 140 valence electrons. The van der Waals surface area contributed by atoms with Crippen molar-refractivity contribution in [2.45, 2.75) is 52.0 Å². The Kier molecular flexibility index (Phi) is 5.11. The van der Waals surface area contributed by atoms with Gasteiger partial charge in [0.1, 0.15) is 12.4 Å². The first kappa shape index (κ1) is 18.2. The lowest BCUT2D eigenvalue weighted by Gasteiger charge is -2.27. The van der Waals surface area contributed by atoms with Crippen molar-refractivity contribution in [3.63, 3.8) is 0 Å². The van der Waals surface area contributed by atoms with Crippen molar-refractivity contribution in [2.24, 2.45) is 0 Å². The Balaban J connectivity index is 1.65. The number of anilines is 2. The molecule has 3 rings (SSSR count). The Morgan fingerprint density at radius 3 is 2.58 bits per heavy atom. The van der Waals surface area contributed by atoms with Crippen LogP contribution >= 0.6 is 0 Å². The van der Waals surface area contributed by atoms with Gasteiger partial charge in [-0.15, -0.1) is 0 Å². The standard InChI is InChI=1S/C18H25N5O3/c1-18(2,3)16-21-26-17(25)23(16)12-15(24)20-13-7-8-14(19-11-13)22-9-5-4-6-10-22/h7-8,11H,4-6,9-10,12H2,1-3H3,(H,20,24). The molecule has 0 spiro atoms. The molecule has 1 aliphatic heterocycles. The zero-order valence-corrected chi connectivity index (χ0v) is 15.5. The van der Waals surface area contributed by atoms with E-state index in [0.29, 0.717) is 11.5 Å². The maximum Gasteiger partial charge on any atom is 0.442 e. The fourth-order valence-corrected chi connectivity index (χ4v) is 3.06. The Hall–Kier alpha value is -2.64. The van der Waals surface area contributed by atoms with Crippen LogP contribution in [0.25, 0.3) is 0 Å². The first-order valence-corrected chi connectivity index (χ1v) is 8.92. The van der Waals surface area contributed by atoms with Crippen molar-refractivity contribution in [2.75, 3.05) is 23.3 Å². The zero-order valence-electron chi connectivity index (χ0n) is 15.5. The molecular formula is C18H25N5O3. The Morgan fingerprint density at radius 2 is 1.96 bits per heavy atom. The summed E-state index contributed by atoms with van der Waals surface area (Å²) in [6.07, 6.45) is 5.28. The lowest BCUT2D eigenvalue weighted by Crippen LogP contribution is -2.31. The van der Waals surface area contributed by atoms with Gasteiger partial charge in [-0.2, -0.15) is 0 Å². The average Bonchev–Trinajstić information content (AvgIpc) is 2.97. The SMILES string of the molecule is CC(C)(C)c1noc(=O)n1CC(=O)Nc1ccc(N2CCCCC2)nc1. The van der Waals surface area contributed by atoms with Gasteiger partial charge in [0.05, 0.1) is 11.9 Å². The smallest absolute Gasteiger partial charge is 0.357 e. The van der Waals surface area contributed by atoms with Crippen LogP contribution in [-0.2, 0) is 16.8 Å². The summed E-state index contributed by atoms with van der Waals surface area (Å²) in [5.74, 6) is 0.404.